The molecule has 8 aromatic rings. The van der Waals surface area contributed by atoms with Crippen LogP contribution in [0, 0.1) is 5.41 Å². The molecule has 1 aliphatic rings. The normalized spacial score (nSPS) is 14.5. The Morgan fingerprint density at radius 3 is 1.90 bits per heavy atom. The summed E-state index contributed by atoms with van der Waals surface area (Å²) in [5, 5.41) is 2.23. The van der Waals surface area contributed by atoms with Gasteiger partial charge in [0.1, 0.15) is 16.9 Å². The molecule has 1 aromatic heterocycles. The molecule has 0 spiro atoms. The third-order valence-corrected chi connectivity index (χ3v) is 16.0. The molecular weight excluding hydrogens is 1040 g/mol. The number of nitrogens with zero attached hydrogens (tertiary/aromatic N) is 2. The zero-order valence-corrected chi connectivity index (χ0v) is 46.7. The Bertz CT molecular complexity index is 3400. The van der Waals surface area contributed by atoms with Crippen LogP contribution in [-0.2, 0) is 16.2 Å². The lowest BCUT2D eigenvalue weighted by molar-refractivity contribution is 0.516. The van der Waals surface area contributed by atoms with E-state index in [4.69, 9.17) is 4.42 Å². The Kier molecular flexibility index (Phi) is 12.8. The fourth-order valence-electron chi connectivity index (χ4n) is 9.87. The smallest absolute Gasteiger partial charge is 0.278 e. The van der Waals surface area contributed by atoms with Crippen molar-refractivity contribution in [1.29, 1.82) is 0 Å². The molecular formula is C63H62Br3N2O+. The maximum atomic E-state index is 6.55. The molecule has 350 valence electrons. The molecule has 0 unspecified atom stereocenters. The van der Waals surface area contributed by atoms with Gasteiger partial charge in [-0.25, -0.2) is 0 Å². The highest BCUT2D eigenvalue weighted by atomic mass is 79.9. The van der Waals surface area contributed by atoms with Gasteiger partial charge in [-0.1, -0.05) is 161 Å². The van der Waals surface area contributed by atoms with Crippen LogP contribution in [0.3, 0.4) is 0 Å². The van der Waals surface area contributed by atoms with E-state index in [0.717, 1.165) is 75.1 Å². The molecule has 0 saturated carbocycles. The second-order valence-corrected chi connectivity index (χ2v) is 24.5. The first kappa shape index (κ1) is 48.7. The van der Waals surface area contributed by atoms with Crippen molar-refractivity contribution in [3.8, 4) is 22.3 Å². The van der Waals surface area contributed by atoms with E-state index in [9.17, 15) is 0 Å². The number of rotatable bonds is 8. The molecule has 1 heterocycles. The second-order valence-electron chi connectivity index (χ2n) is 22.0. The van der Waals surface area contributed by atoms with E-state index in [0.29, 0.717) is 0 Å². The maximum absolute atomic E-state index is 6.55. The summed E-state index contributed by atoms with van der Waals surface area (Å²) in [6, 6.07) is 53.2. The number of hydrogen-bond donors (Lipinski definition) is 0. The van der Waals surface area contributed by atoms with E-state index in [1.165, 1.54) is 39.0 Å². The minimum atomic E-state index is -0.207. The van der Waals surface area contributed by atoms with Crippen molar-refractivity contribution in [2.75, 3.05) is 4.90 Å². The highest BCUT2D eigenvalue weighted by Crippen LogP contribution is 2.51. The summed E-state index contributed by atoms with van der Waals surface area (Å²) >= 11 is 12.7. The van der Waals surface area contributed by atoms with Crippen molar-refractivity contribution >= 4 is 97.1 Å². The topological polar surface area (TPSA) is 19.4 Å². The Balaban J connectivity index is 1.36. The van der Waals surface area contributed by atoms with Crippen LogP contribution in [0.25, 0.3) is 44.2 Å². The quantitative estimate of drug-likeness (QED) is 0.0858. The van der Waals surface area contributed by atoms with Gasteiger partial charge in [0.2, 0.25) is 11.4 Å². The fraction of sp³-hybridized carbons (Fsp3) is 0.254. The Labute approximate surface area is 435 Å². The fourth-order valence-corrected chi connectivity index (χ4v) is 11.4. The Morgan fingerprint density at radius 1 is 0.609 bits per heavy atom. The number of allylic oxidation sites excluding steroid dienone is 4. The molecule has 0 bridgehead atoms. The first-order valence-corrected chi connectivity index (χ1v) is 26.3. The van der Waals surface area contributed by atoms with Crippen molar-refractivity contribution in [2.24, 2.45) is 5.41 Å². The molecule has 9 rings (SSSR count). The number of furan rings is 1. The summed E-state index contributed by atoms with van der Waals surface area (Å²) < 4.78 is 11.8. The van der Waals surface area contributed by atoms with Gasteiger partial charge in [-0.3, -0.25) is 0 Å². The Hall–Kier alpha value is -5.27. The summed E-state index contributed by atoms with van der Waals surface area (Å²) in [4.78, 5) is 2.46. The lowest BCUT2D eigenvalue weighted by Gasteiger charge is -2.32. The minimum Gasteiger partial charge on any atom is -0.455 e. The Morgan fingerprint density at radius 2 is 1.22 bits per heavy atom. The largest absolute Gasteiger partial charge is 0.455 e. The summed E-state index contributed by atoms with van der Waals surface area (Å²) in [5.74, 6) is 0. The van der Waals surface area contributed by atoms with Crippen molar-refractivity contribution < 1.29 is 4.42 Å². The van der Waals surface area contributed by atoms with Gasteiger partial charge in [-0.05, 0) is 154 Å². The first-order valence-electron chi connectivity index (χ1n) is 23.9. The predicted molar refractivity (Wildman–Crippen MR) is 308 cm³/mol. The zero-order valence-electron chi connectivity index (χ0n) is 41.9. The summed E-state index contributed by atoms with van der Waals surface area (Å²) in [6.07, 6.45) is 4.65. The molecule has 0 N–H and O–H groups in total. The molecule has 69 heavy (non-hydrogen) atoms. The molecule has 3 nitrogen and oxygen atoms in total. The summed E-state index contributed by atoms with van der Waals surface area (Å²) in [7, 11) is 0. The van der Waals surface area contributed by atoms with E-state index in [1.807, 2.05) is 12.1 Å². The SMILES string of the molecule is C/C=C(\C=C(/C(Br)=[N+](c1ccc(-c2cccc3c2oc2ccccc23)cc1)c1cc(C(C)(C)C)ccc1Br)N(c1ccc2c(c1)C(C)(C)c1ccccc1-2)c1cc(C(C)(C)C)ccc1Br)C(C)(C)C. The maximum Gasteiger partial charge on any atom is 0.278 e. The summed E-state index contributed by atoms with van der Waals surface area (Å²) in [6.45, 7) is 27.4. The van der Waals surface area contributed by atoms with E-state index in [1.54, 1.807) is 0 Å². The van der Waals surface area contributed by atoms with Gasteiger partial charge in [0.05, 0.1) is 10.2 Å². The van der Waals surface area contributed by atoms with Crippen LogP contribution in [0.5, 0.6) is 0 Å². The molecule has 6 heteroatoms. The lowest BCUT2D eigenvalue weighted by Crippen LogP contribution is -2.28. The van der Waals surface area contributed by atoms with E-state index in [-0.39, 0.29) is 21.7 Å². The first-order chi connectivity index (χ1) is 32.6. The van der Waals surface area contributed by atoms with Crippen LogP contribution in [0.4, 0.5) is 22.7 Å². The molecule has 0 amide bonds. The van der Waals surface area contributed by atoms with Crippen LogP contribution >= 0.6 is 47.8 Å². The molecule has 0 saturated heterocycles. The zero-order chi connectivity index (χ0) is 49.4. The van der Waals surface area contributed by atoms with E-state index >= 15 is 0 Å². The van der Waals surface area contributed by atoms with E-state index < -0.39 is 0 Å². The highest BCUT2D eigenvalue weighted by Gasteiger charge is 2.38. The van der Waals surface area contributed by atoms with Crippen molar-refractivity contribution in [1.82, 2.24) is 4.58 Å². The van der Waals surface area contributed by atoms with Gasteiger partial charge in [0, 0.05) is 66.0 Å². The third-order valence-electron chi connectivity index (χ3n) is 13.9. The molecule has 0 fully saturated rings. The number of halogens is 3. The van der Waals surface area contributed by atoms with Crippen LogP contribution < -0.4 is 9.48 Å². The van der Waals surface area contributed by atoms with Gasteiger partial charge in [-0.2, -0.15) is 0 Å². The second kappa shape index (κ2) is 18.2. The number of benzene rings is 7. The van der Waals surface area contributed by atoms with Crippen LogP contribution in [0.15, 0.2) is 182 Å². The van der Waals surface area contributed by atoms with Crippen molar-refractivity contribution in [3.05, 3.63) is 200 Å². The molecule has 1 aliphatic carbocycles. The molecule has 0 aliphatic heterocycles. The molecule has 7 aromatic carbocycles. The minimum absolute atomic E-state index is 0.105. The average molecular weight is 1100 g/mol. The summed E-state index contributed by atoms with van der Waals surface area (Å²) in [5.41, 5.74) is 17.3. The van der Waals surface area contributed by atoms with Gasteiger partial charge < -0.3 is 9.32 Å². The number of fused-ring (bicyclic) bond motifs is 6. The standard InChI is InChI=1S/C63H62Br3N2O/c1-13-40(60(2,3)4)35-56(67(54-36-41(61(5,6)7)27-33-52(54)64)44-31-32-47-46-19-14-16-23-50(46)63(11,12)51(47)38-44)59(66)68(55-37-42(62(8,9)10)28-34-53(55)65)43-29-25-39(26-30-43)45-21-18-22-49-48-20-15-17-24-57(48)69-58(45)49/h13-38H,1-12H3/q+1/b40-13+,56-35+,68-59?. The van der Waals surface area contributed by atoms with E-state index in [2.05, 4.69) is 286 Å². The monoisotopic (exact) mass is 1100 g/mol. The average Bonchev–Trinajstić information content (AvgIpc) is 3.79. The number of anilines is 2. The van der Waals surface area contributed by atoms with Gasteiger partial charge >= 0.3 is 0 Å². The third kappa shape index (κ3) is 9.07. The van der Waals surface area contributed by atoms with Crippen LogP contribution in [0.2, 0.25) is 0 Å². The number of para-hydroxylation sites is 2. The molecule has 0 radical (unpaired) electrons. The van der Waals surface area contributed by atoms with Crippen molar-refractivity contribution in [3.63, 3.8) is 0 Å². The number of hydrogen-bond acceptors (Lipinski definition) is 2. The molecule has 0 atom stereocenters. The lowest BCUT2D eigenvalue weighted by atomic mass is 9.82. The van der Waals surface area contributed by atoms with Gasteiger partial charge in [0.25, 0.3) is 4.62 Å². The van der Waals surface area contributed by atoms with Gasteiger partial charge in [0.15, 0.2) is 0 Å². The predicted octanol–water partition coefficient (Wildman–Crippen LogP) is 20.0. The van der Waals surface area contributed by atoms with Gasteiger partial charge in [-0.15, -0.1) is 4.58 Å². The highest BCUT2D eigenvalue weighted by molar-refractivity contribution is 9.18. The van der Waals surface area contributed by atoms with Crippen LogP contribution in [-0.4, -0.2) is 4.62 Å². The van der Waals surface area contributed by atoms with Crippen molar-refractivity contribution in [2.45, 2.75) is 99.3 Å². The van der Waals surface area contributed by atoms with Crippen LogP contribution in [0.1, 0.15) is 105 Å².